The number of nitrogens with zero attached hydrogens (tertiary/aromatic N) is 3. The second-order valence-electron chi connectivity index (χ2n) is 9.89. The van der Waals surface area contributed by atoms with Crippen LogP contribution in [0.15, 0.2) is 83.7 Å². The van der Waals surface area contributed by atoms with Gasteiger partial charge in [0.2, 0.25) is 0 Å². The van der Waals surface area contributed by atoms with Gasteiger partial charge in [0, 0.05) is 25.8 Å². The molecule has 39 heavy (non-hydrogen) atoms. The van der Waals surface area contributed by atoms with Crippen LogP contribution in [-0.2, 0) is 11.2 Å². The summed E-state index contributed by atoms with van der Waals surface area (Å²) >= 11 is 0. The number of methoxy groups -OCH3 is 1. The van der Waals surface area contributed by atoms with Crippen LogP contribution in [0, 0.1) is 0 Å². The van der Waals surface area contributed by atoms with E-state index < -0.39 is 6.04 Å². The van der Waals surface area contributed by atoms with E-state index in [0.29, 0.717) is 48.3 Å². The van der Waals surface area contributed by atoms with Crippen molar-refractivity contribution in [3.05, 3.63) is 106 Å². The number of carbonyl (C=O) groups is 1. The molecule has 204 valence electrons. The van der Waals surface area contributed by atoms with Crippen LogP contribution in [0.3, 0.4) is 0 Å². The van der Waals surface area contributed by atoms with Crippen LogP contribution >= 0.6 is 0 Å². The number of hydrogen-bond donors (Lipinski definition) is 0. The summed E-state index contributed by atoms with van der Waals surface area (Å²) < 4.78 is 6.99. The smallest absolute Gasteiger partial charge is 0.266 e. The number of aryl methyl sites for hydroxylation is 1. The summed E-state index contributed by atoms with van der Waals surface area (Å²) in [6.45, 7) is 5.26. The zero-order valence-electron chi connectivity index (χ0n) is 23.3. The molecule has 0 aliphatic carbocycles. The zero-order valence-corrected chi connectivity index (χ0v) is 23.3. The zero-order chi connectivity index (χ0) is 27.6. The fourth-order valence-corrected chi connectivity index (χ4v) is 5.08. The van der Waals surface area contributed by atoms with Crippen molar-refractivity contribution < 1.29 is 9.53 Å². The SMILES string of the molecule is CCCCCc1ccc(C(=O)N(CCCOC)C(CC)c2nc3ccccc3c(=O)n2-c2ccccc2)cc1. The molecule has 3 aromatic carbocycles. The van der Waals surface area contributed by atoms with E-state index >= 15 is 0 Å². The number of benzene rings is 3. The first-order valence-corrected chi connectivity index (χ1v) is 14.0. The highest BCUT2D eigenvalue weighted by Crippen LogP contribution is 2.28. The van der Waals surface area contributed by atoms with Gasteiger partial charge in [-0.25, -0.2) is 4.98 Å². The first-order chi connectivity index (χ1) is 19.1. The number of unbranched alkanes of at least 4 members (excludes halogenated alkanes) is 2. The van der Waals surface area contributed by atoms with Gasteiger partial charge in [0.05, 0.1) is 22.6 Å². The Labute approximate surface area is 231 Å². The van der Waals surface area contributed by atoms with E-state index in [1.54, 1.807) is 17.7 Å². The van der Waals surface area contributed by atoms with Crippen LogP contribution in [0.1, 0.15) is 73.7 Å². The van der Waals surface area contributed by atoms with Gasteiger partial charge in [-0.3, -0.25) is 14.2 Å². The van der Waals surface area contributed by atoms with Crippen LogP contribution < -0.4 is 5.56 Å². The number of rotatable bonds is 13. The molecule has 1 heterocycles. The second-order valence-corrected chi connectivity index (χ2v) is 9.89. The van der Waals surface area contributed by atoms with E-state index in [2.05, 4.69) is 19.1 Å². The summed E-state index contributed by atoms with van der Waals surface area (Å²) in [5, 5.41) is 0.552. The lowest BCUT2D eigenvalue weighted by Crippen LogP contribution is -2.39. The Balaban J connectivity index is 1.79. The monoisotopic (exact) mass is 525 g/mol. The molecule has 1 atom stereocenters. The van der Waals surface area contributed by atoms with Gasteiger partial charge >= 0.3 is 0 Å². The van der Waals surface area contributed by atoms with Crippen LogP contribution in [-0.4, -0.2) is 40.6 Å². The summed E-state index contributed by atoms with van der Waals surface area (Å²) in [6, 6.07) is 24.5. The highest BCUT2D eigenvalue weighted by atomic mass is 16.5. The number of ether oxygens (including phenoxy) is 1. The number of para-hydroxylation sites is 2. The maximum Gasteiger partial charge on any atom is 0.266 e. The Morgan fingerprint density at radius 2 is 1.64 bits per heavy atom. The molecule has 0 saturated heterocycles. The molecule has 1 amide bonds. The minimum absolute atomic E-state index is 0.0694. The van der Waals surface area contributed by atoms with Gasteiger partial charge < -0.3 is 9.64 Å². The third-order valence-electron chi connectivity index (χ3n) is 7.16. The van der Waals surface area contributed by atoms with Gasteiger partial charge in [0.25, 0.3) is 11.5 Å². The summed E-state index contributed by atoms with van der Waals surface area (Å²) in [5.41, 5.74) is 3.10. The van der Waals surface area contributed by atoms with Crippen molar-refractivity contribution >= 4 is 16.8 Å². The van der Waals surface area contributed by atoms with Gasteiger partial charge in [-0.05, 0) is 67.6 Å². The number of hydrogen-bond acceptors (Lipinski definition) is 4. The third kappa shape index (κ3) is 6.63. The summed E-state index contributed by atoms with van der Waals surface area (Å²) in [6.07, 6.45) is 5.83. The average molecular weight is 526 g/mol. The predicted octanol–water partition coefficient (Wildman–Crippen LogP) is 6.75. The number of aromatic nitrogens is 2. The minimum atomic E-state index is -0.406. The van der Waals surface area contributed by atoms with Crippen molar-refractivity contribution in [3.63, 3.8) is 0 Å². The lowest BCUT2D eigenvalue weighted by atomic mass is 10.0. The lowest BCUT2D eigenvalue weighted by Gasteiger charge is -2.32. The summed E-state index contributed by atoms with van der Waals surface area (Å²) in [4.78, 5) is 34.8. The Morgan fingerprint density at radius 3 is 2.33 bits per heavy atom. The molecule has 0 bridgehead atoms. The molecule has 6 heteroatoms. The molecule has 0 fully saturated rings. The Morgan fingerprint density at radius 1 is 0.923 bits per heavy atom. The highest BCUT2D eigenvalue weighted by molar-refractivity contribution is 5.94. The topological polar surface area (TPSA) is 64.4 Å². The third-order valence-corrected chi connectivity index (χ3v) is 7.16. The molecule has 4 rings (SSSR count). The maximum absolute atomic E-state index is 14.1. The standard InChI is InChI=1S/C33H39N3O3/c1-4-6-8-14-25-19-21-26(22-20-25)32(37)35(23-13-24-39-3)30(5-2)31-34-29-18-12-11-17-28(29)33(38)36(31)27-15-9-7-10-16-27/h7,9-12,15-22,30H,4-6,8,13-14,23-24H2,1-3H3. The van der Waals surface area contributed by atoms with E-state index in [9.17, 15) is 9.59 Å². The molecular weight excluding hydrogens is 486 g/mol. The summed E-state index contributed by atoms with van der Waals surface area (Å²) in [7, 11) is 1.67. The van der Waals surface area contributed by atoms with Gasteiger partial charge in [-0.1, -0.05) is 69.2 Å². The molecule has 4 aromatic rings. The van der Waals surface area contributed by atoms with Crippen LogP contribution in [0.25, 0.3) is 16.6 Å². The van der Waals surface area contributed by atoms with Crippen molar-refractivity contribution in [2.45, 2.75) is 58.4 Å². The predicted molar refractivity (Wildman–Crippen MR) is 158 cm³/mol. The molecule has 0 N–H and O–H groups in total. The normalized spacial score (nSPS) is 12.0. The van der Waals surface area contributed by atoms with Crippen molar-refractivity contribution in [2.24, 2.45) is 0 Å². The van der Waals surface area contributed by atoms with Crippen molar-refractivity contribution in [1.82, 2.24) is 14.5 Å². The van der Waals surface area contributed by atoms with Crippen molar-refractivity contribution in [3.8, 4) is 5.69 Å². The van der Waals surface area contributed by atoms with E-state index in [4.69, 9.17) is 9.72 Å². The van der Waals surface area contributed by atoms with E-state index in [1.165, 1.54) is 18.4 Å². The first-order valence-electron chi connectivity index (χ1n) is 14.0. The Hall–Kier alpha value is -3.77. The van der Waals surface area contributed by atoms with Crippen molar-refractivity contribution in [1.29, 1.82) is 0 Å². The molecule has 6 nitrogen and oxygen atoms in total. The number of carbonyl (C=O) groups excluding carboxylic acids is 1. The van der Waals surface area contributed by atoms with Crippen LogP contribution in [0.2, 0.25) is 0 Å². The lowest BCUT2D eigenvalue weighted by molar-refractivity contribution is 0.0634. The quantitative estimate of drug-likeness (QED) is 0.181. The minimum Gasteiger partial charge on any atom is -0.385 e. The largest absolute Gasteiger partial charge is 0.385 e. The molecule has 0 radical (unpaired) electrons. The highest BCUT2D eigenvalue weighted by Gasteiger charge is 2.29. The number of fused-ring (bicyclic) bond motifs is 1. The Kier molecular flexibility index (Phi) is 10.0. The molecule has 0 aliphatic rings. The molecular formula is C33H39N3O3. The van der Waals surface area contributed by atoms with Gasteiger partial charge in [0.1, 0.15) is 5.82 Å². The maximum atomic E-state index is 14.1. The fourth-order valence-electron chi connectivity index (χ4n) is 5.08. The summed E-state index contributed by atoms with van der Waals surface area (Å²) in [5.74, 6) is 0.495. The number of amides is 1. The second kappa shape index (κ2) is 13.9. The molecule has 0 aliphatic heterocycles. The van der Waals surface area contributed by atoms with Crippen LogP contribution in [0.4, 0.5) is 0 Å². The average Bonchev–Trinajstić information content (AvgIpc) is 2.97. The van der Waals surface area contributed by atoms with Crippen molar-refractivity contribution in [2.75, 3.05) is 20.3 Å². The fraction of sp³-hybridized carbons (Fsp3) is 0.364. The first kappa shape index (κ1) is 28.2. The molecule has 0 saturated carbocycles. The molecule has 1 aromatic heterocycles. The molecule has 0 spiro atoms. The Bertz CT molecular complexity index is 1410. The van der Waals surface area contributed by atoms with Crippen LogP contribution in [0.5, 0.6) is 0 Å². The van der Waals surface area contributed by atoms with E-state index in [1.807, 2.05) is 72.5 Å². The molecule has 1 unspecified atom stereocenters. The van der Waals surface area contributed by atoms with E-state index in [0.717, 1.165) is 18.5 Å². The van der Waals surface area contributed by atoms with Gasteiger partial charge in [-0.2, -0.15) is 0 Å². The van der Waals surface area contributed by atoms with E-state index in [-0.39, 0.29) is 11.5 Å². The van der Waals surface area contributed by atoms with Gasteiger partial charge in [-0.15, -0.1) is 0 Å². The van der Waals surface area contributed by atoms with Gasteiger partial charge in [0.15, 0.2) is 0 Å².